The zero-order chi connectivity index (χ0) is 21.1. The first-order valence-corrected chi connectivity index (χ1v) is 9.66. The molecule has 0 aliphatic carbocycles. The Kier molecular flexibility index (Phi) is 6.47. The van der Waals surface area contributed by atoms with Gasteiger partial charge in [-0.2, -0.15) is 0 Å². The molecule has 2 aromatic carbocycles. The zero-order valence-corrected chi connectivity index (χ0v) is 16.7. The van der Waals surface area contributed by atoms with Crippen LogP contribution in [0.15, 0.2) is 47.4 Å². The number of rotatable bonds is 8. The third kappa shape index (κ3) is 4.02. The number of ether oxygens (including phenoxy) is 2. The highest BCUT2D eigenvalue weighted by atomic mass is 35.5. The first kappa shape index (κ1) is 21.5. The lowest BCUT2D eigenvalue weighted by atomic mass is 10.2. The Morgan fingerprint density at radius 1 is 1.18 bits per heavy atom. The number of hydrogen-bond donors (Lipinski definition) is 0. The molecular weight excluding hydrogens is 412 g/mol. The highest BCUT2D eigenvalue weighted by Crippen LogP contribution is 2.39. The molecule has 28 heavy (non-hydrogen) atoms. The van der Waals surface area contributed by atoms with E-state index in [0.717, 1.165) is 12.1 Å². The quantitative estimate of drug-likeness (QED) is 0.360. The molecule has 0 amide bonds. The van der Waals surface area contributed by atoms with Gasteiger partial charge in [0.05, 0.1) is 24.8 Å². The Balaban J connectivity index is 2.83. The molecule has 11 heteroatoms. The first-order chi connectivity index (χ1) is 13.1. The summed E-state index contributed by atoms with van der Waals surface area (Å²) in [6.45, 7) is 1.26. The average molecular weight is 429 g/mol. The molecule has 0 spiro atoms. The first-order valence-electron chi connectivity index (χ1n) is 7.84. The van der Waals surface area contributed by atoms with Crippen molar-refractivity contribution in [1.82, 2.24) is 0 Å². The van der Waals surface area contributed by atoms with Crippen LogP contribution in [0.4, 0.5) is 11.4 Å². The Bertz CT molecular complexity index is 1010. The number of sulfonamides is 1. The number of nitrogens with zero attached hydrogens (tertiary/aromatic N) is 2. The summed E-state index contributed by atoms with van der Waals surface area (Å²) in [5, 5.41) is 10.4. The third-order valence-electron chi connectivity index (χ3n) is 3.90. The van der Waals surface area contributed by atoms with Gasteiger partial charge in [-0.15, -0.1) is 0 Å². The van der Waals surface area contributed by atoms with Crippen molar-refractivity contribution in [3.8, 4) is 11.5 Å². The summed E-state index contributed by atoms with van der Waals surface area (Å²) in [5.41, 5.74) is -0.690. The third-order valence-corrected chi connectivity index (χ3v) is 6.15. The van der Waals surface area contributed by atoms with Gasteiger partial charge in [0.15, 0.2) is 4.90 Å². The van der Waals surface area contributed by atoms with Crippen molar-refractivity contribution in [2.45, 2.75) is 17.9 Å². The summed E-state index contributed by atoms with van der Waals surface area (Å²) in [5.74, 6) is 0.389. The fraction of sp³-hybridized carbons (Fsp3) is 0.235. The monoisotopic (exact) mass is 428 g/mol. The average Bonchev–Trinajstić information content (AvgIpc) is 2.67. The fourth-order valence-electron chi connectivity index (χ4n) is 2.54. The van der Waals surface area contributed by atoms with E-state index in [1.54, 1.807) is 0 Å². The lowest BCUT2D eigenvalue weighted by Gasteiger charge is -2.29. The maximum Gasteiger partial charge on any atom is 0.289 e. The lowest BCUT2D eigenvalue weighted by Crippen LogP contribution is -2.42. The summed E-state index contributed by atoms with van der Waals surface area (Å²) < 4.78 is 37.8. The minimum atomic E-state index is -4.58. The molecule has 2 aromatic rings. The van der Waals surface area contributed by atoms with Crippen LogP contribution in [0.5, 0.6) is 11.5 Å². The van der Waals surface area contributed by atoms with E-state index in [2.05, 4.69) is 0 Å². The van der Waals surface area contributed by atoms with Crippen LogP contribution < -0.4 is 13.8 Å². The van der Waals surface area contributed by atoms with E-state index < -0.39 is 36.8 Å². The van der Waals surface area contributed by atoms with Gasteiger partial charge < -0.3 is 9.47 Å². The minimum Gasteiger partial charge on any atom is -0.497 e. The molecule has 9 nitrogen and oxygen atoms in total. The van der Waals surface area contributed by atoms with Gasteiger partial charge in [0.2, 0.25) is 5.24 Å². The highest BCUT2D eigenvalue weighted by molar-refractivity contribution is 7.93. The van der Waals surface area contributed by atoms with Crippen molar-refractivity contribution >= 4 is 38.2 Å². The van der Waals surface area contributed by atoms with E-state index in [1.165, 1.54) is 51.5 Å². The topological polar surface area (TPSA) is 116 Å². The van der Waals surface area contributed by atoms with Gasteiger partial charge in [-0.1, -0.05) is 12.1 Å². The van der Waals surface area contributed by atoms with Gasteiger partial charge in [0, 0.05) is 12.1 Å². The van der Waals surface area contributed by atoms with E-state index >= 15 is 0 Å². The van der Waals surface area contributed by atoms with Gasteiger partial charge in [0.1, 0.15) is 17.5 Å². The predicted molar refractivity (Wildman–Crippen MR) is 103 cm³/mol. The molecule has 0 N–H and O–H groups in total. The molecule has 0 fully saturated rings. The Morgan fingerprint density at radius 2 is 1.82 bits per heavy atom. The van der Waals surface area contributed by atoms with E-state index in [4.69, 9.17) is 21.1 Å². The molecule has 0 saturated carbocycles. The van der Waals surface area contributed by atoms with Crippen LogP contribution in [0.25, 0.3) is 0 Å². The van der Waals surface area contributed by atoms with Crippen LogP contribution in [-0.4, -0.2) is 38.8 Å². The predicted octanol–water partition coefficient (Wildman–Crippen LogP) is 2.96. The van der Waals surface area contributed by atoms with Gasteiger partial charge in [-0.05, 0) is 36.7 Å². The van der Waals surface area contributed by atoms with E-state index in [9.17, 15) is 23.3 Å². The number of para-hydroxylation sites is 1. The molecule has 0 saturated heterocycles. The van der Waals surface area contributed by atoms with Crippen molar-refractivity contribution in [3.05, 3.63) is 52.6 Å². The summed E-state index contributed by atoms with van der Waals surface area (Å²) >= 11 is 5.59. The molecule has 0 aliphatic heterocycles. The molecule has 0 bridgehead atoms. The highest BCUT2D eigenvalue weighted by Gasteiger charge is 2.38. The van der Waals surface area contributed by atoms with Gasteiger partial charge in [-0.25, -0.2) is 8.42 Å². The molecular formula is C17H17ClN2O7S. The SMILES string of the molecule is COc1ccc(OC)c(N(C(C)C(=O)Cl)S(=O)(=O)c2ccccc2[N+](=O)[O-])c1. The lowest BCUT2D eigenvalue weighted by molar-refractivity contribution is -0.387. The van der Waals surface area contributed by atoms with E-state index in [1.807, 2.05) is 0 Å². The molecule has 0 heterocycles. The van der Waals surface area contributed by atoms with Crippen LogP contribution in [0.1, 0.15) is 6.92 Å². The zero-order valence-electron chi connectivity index (χ0n) is 15.2. The van der Waals surface area contributed by atoms with Crippen molar-refractivity contribution < 1.29 is 27.6 Å². The number of anilines is 1. The van der Waals surface area contributed by atoms with Gasteiger partial charge in [0.25, 0.3) is 15.7 Å². The maximum absolute atomic E-state index is 13.4. The summed E-state index contributed by atoms with van der Waals surface area (Å²) in [6, 6.07) is 7.75. The number of carbonyl (C=O) groups is 1. The second-order valence-corrected chi connectivity index (χ2v) is 7.70. The second kappa shape index (κ2) is 8.44. The van der Waals surface area contributed by atoms with Gasteiger partial charge in [-0.3, -0.25) is 19.2 Å². The summed E-state index contributed by atoms with van der Waals surface area (Å²) in [4.78, 5) is 21.8. The van der Waals surface area contributed by atoms with Crippen LogP contribution in [-0.2, 0) is 14.8 Å². The number of halogens is 1. The molecule has 150 valence electrons. The van der Waals surface area contributed by atoms with Crippen LogP contribution in [0.3, 0.4) is 0 Å². The normalized spacial score (nSPS) is 12.1. The summed E-state index contributed by atoms with van der Waals surface area (Å²) in [7, 11) is -1.89. The van der Waals surface area contributed by atoms with Gasteiger partial charge >= 0.3 is 0 Å². The molecule has 1 unspecified atom stereocenters. The van der Waals surface area contributed by atoms with Crippen LogP contribution >= 0.6 is 11.6 Å². The smallest absolute Gasteiger partial charge is 0.289 e. The number of benzene rings is 2. The van der Waals surface area contributed by atoms with Crippen molar-refractivity contribution in [3.63, 3.8) is 0 Å². The standard InChI is InChI=1S/C17H17ClN2O7S/c1-11(17(18)21)19(14-10-12(26-2)8-9-15(14)27-3)28(24,25)16-7-5-4-6-13(16)20(22)23/h4-11H,1-3H3. The number of hydrogen-bond acceptors (Lipinski definition) is 7. The molecule has 0 radical (unpaired) electrons. The number of nitro groups is 1. The Labute approximate surface area is 166 Å². The minimum absolute atomic E-state index is 0.0542. The number of methoxy groups -OCH3 is 2. The largest absolute Gasteiger partial charge is 0.497 e. The van der Waals surface area contributed by atoms with E-state index in [0.29, 0.717) is 4.31 Å². The fourth-order valence-corrected chi connectivity index (χ4v) is 4.48. The van der Waals surface area contributed by atoms with Crippen LogP contribution in [0, 0.1) is 10.1 Å². The molecule has 2 rings (SSSR count). The second-order valence-electron chi connectivity index (χ2n) is 5.54. The number of carbonyl (C=O) groups excluding carboxylic acids is 1. The van der Waals surface area contributed by atoms with Crippen molar-refractivity contribution in [2.24, 2.45) is 0 Å². The number of nitro benzene ring substituents is 1. The molecule has 1 atom stereocenters. The molecule has 0 aliphatic rings. The van der Waals surface area contributed by atoms with E-state index in [-0.39, 0.29) is 17.2 Å². The molecule has 0 aromatic heterocycles. The van der Waals surface area contributed by atoms with Crippen molar-refractivity contribution in [2.75, 3.05) is 18.5 Å². The van der Waals surface area contributed by atoms with Crippen LogP contribution in [0.2, 0.25) is 0 Å². The maximum atomic E-state index is 13.4. The summed E-state index contributed by atoms with van der Waals surface area (Å²) in [6.07, 6.45) is 0. The van der Waals surface area contributed by atoms with Crippen molar-refractivity contribution in [1.29, 1.82) is 0 Å². The Morgan fingerprint density at radius 3 is 2.36 bits per heavy atom. The Hall–Kier alpha value is -2.85.